The molecule has 4 atom stereocenters. The largest absolute Gasteiger partial charge is 0.353 e. The van der Waals surface area contributed by atoms with E-state index in [-0.39, 0.29) is 5.82 Å². The molecule has 4 fully saturated rings. The number of hydrogen-bond donors (Lipinski definition) is 0. The van der Waals surface area contributed by atoms with Gasteiger partial charge in [0, 0.05) is 19.1 Å². The second-order valence-electron chi connectivity index (χ2n) is 6.55. The van der Waals surface area contributed by atoms with Crippen LogP contribution in [0.2, 0.25) is 0 Å². The van der Waals surface area contributed by atoms with Crippen LogP contribution in [0.5, 0.6) is 0 Å². The molecule has 0 aromatic heterocycles. The molecule has 0 amide bonds. The lowest BCUT2D eigenvalue weighted by Gasteiger charge is -2.49. The smallest absolute Gasteiger partial charge is 0.230 e. The van der Waals surface area contributed by atoms with Gasteiger partial charge in [0.25, 0.3) is 0 Å². The summed E-state index contributed by atoms with van der Waals surface area (Å²) in [5, 5.41) is 0. The van der Waals surface area contributed by atoms with Crippen molar-refractivity contribution in [3.63, 3.8) is 0 Å². The fourth-order valence-electron chi connectivity index (χ4n) is 4.20. The Labute approximate surface area is 129 Å². The summed E-state index contributed by atoms with van der Waals surface area (Å²) in [5.74, 6) is -0.910. The van der Waals surface area contributed by atoms with E-state index < -0.39 is 17.7 Å². The summed E-state index contributed by atoms with van der Waals surface area (Å²) in [6.45, 7) is 0. The molecule has 3 heterocycles. The van der Waals surface area contributed by atoms with Crippen LogP contribution < -0.4 is 0 Å². The van der Waals surface area contributed by atoms with Crippen molar-refractivity contribution in [3.8, 4) is 0 Å². The minimum atomic E-state index is -1.00. The topological polar surface area (TPSA) is 36.9 Å². The minimum Gasteiger partial charge on any atom is -0.353 e. The SMILES string of the molecule is CO[C@H]1O[C@@]2(c3ccc(F)cc3)CC[C@H]3CCCC[C@@]31OO2. The molecule has 22 heavy (non-hydrogen) atoms. The average Bonchev–Trinajstić information content (AvgIpc) is 2.81. The summed E-state index contributed by atoms with van der Waals surface area (Å²) in [5.41, 5.74) is 0.261. The van der Waals surface area contributed by atoms with Gasteiger partial charge in [0.05, 0.1) is 0 Å². The Hall–Kier alpha value is -1.01. The first-order valence-corrected chi connectivity index (χ1v) is 8.02. The minimum absolute atomic E-state index is 0.279. The van der Waals surface area contributed by atoms with Gasteiger partial charge in [0.15, 0.2) is 11.9 Å². The quantitative estimate of drug-likeness (QED) is 0.782. The van der Waals surface area contributed by atoms with Crippen molar-refractivity contribution < 1.29 is 23.6 Å². The third-order valence-electron chi connectivity index (χ3n) is 5.41. The molecule has 1 saturated carbocycles. The van der Waals surface area contributed by atoms with E-state index in [2.05, 4.69) is 0 Å². The van der Waals surface area contributed by atoms with Crippen molar-refractivity contribution in [2.75, 3.05) is 7.11 Å². The Balaban J connectivity index is 1.73. The number of hydrogen-bond acceptors (Lipinski definition) is 4. The molecule has 1 aromatic rings. The predicted octanol–water partition coefficient (Wildman–Crippen LogP) is 3.65. The van der Waals surface area contributed by atoms with Gasteiger partial charge in [-0.25, -0.2) is 9.28 Å². The summed E-state index contributed by atoms with van der Waals surface area (Å²) in [6, 6.07) is 6.22. The highest BCUT2D eigenvalue weighted by atomic mass is 19.1. The summed E-state index contributed by atoms with van der Waals surface area (Å²) in [7, 11) is 1.65. The van der Waals surface area contributed by atoms with Crippen molar-refractivity contribution >= 4 is 0 Å². The van der Waals surface area contributed by atoms with Crippen molar-refractivity contribution in [2.24, 2.45) is 5.92 Å². The zero-order valence-electron chi connectivity index (χ0n) is 12.7. The van der Waals surface area contributed by atoms with Gasteiger partial charge in [-0.2, -0.15) is 4.89 Å². The van der Waals surface area contributed by atoms with Crippen molar-refractivity contribution in [3.05, 3.63) is 35.6 Å². The van der Waals surface area contributed by atoms with Crippen LogP contribution in [0.25, 0.3) is 0 Å². The maximum Gasteiger partial charge on any atom is 0.230 e. The van der Waals surface area contributed by atoms with Gasteiger partial charge in [-0.3, -0.25) is 0 Å². The molecule has 1 aliphatic carbocycles. The number of rotatable bonds is 2. The van der Waals surface area contributed by atoms with Crippen LogP contribution in [-0.2, 0) is 25.0 Å². The Morgan fingerprint density at radius 2 is 1.91 bits per heavy atom. The molecule has 3 saturated heterocycles. The van der Waals surface area contributed by atoms with Gasteiger partial charge in [0.1, 0.15) is 5.82 Å². The molecule has 1 aromatic carbocycles. The predicted molar refractivity (Wildman–Crippen MR) is 76.1 cm³/mol. The first-order valence-electron chi connectivity index (χ1n) is 8.02. The van der Waals surface area contributed by atoms with E-state index in [1.165, 1.54) is 18.6 Å². The van der Waals surface area contributed by atoms with Crippen LogP contribution in [0.3, 0.4) is 0 Å². The molecule has 0 radical (unpaired) electrons. The van der Waals surface area contributed by atoms with E-state index in [1.54, 1.807) is 19.2 Å². The summed E-state index contributed by atoms with van der Waals surface area (Å²) in [6.07, 6.45) is 5.46. The third kappa shape index (κ3) is 2.03. The lowest BCUT2D eigenvalue weighted by atomic mass is 9.73. The van der Waals surface area contributed by atoms with E-state index >= 15 is 0 Å². The standard InChI is InChI=1S/C17H21FO4/c1-19-15-16-10-3-2-4-12(16)9-11-17(20-15,22-21-16)13-5-7-14(18)8-6-13/h5-8,12,15H,2-4,9-11H2,1H3/t12-,15+,16-,17+/m1/s1. The molecule has 2 bridgehead atoms. The van der Waals surface area contributed by atoms with Crippen LogP contribution in [-0.4, -0.2) is 19.0 Å². The Morgan fingerprint density at radius 3 is 2.68 bits per heavy atom. The molecule has 0 N–H and O–H groups in total. The number of ether oxygens (including phenoxy) is 2. The van der Waals surface area contributed by atoms with E-state index in [9.17, 15) is 4.39 Å². The fourth-order valence-corrected chi connectivity index (χ4v) is 4.20. The van der Waals surface area contributed by atoms with Gasteiger partial charge < -0.3 is 9.47 Å². The lowest BCUT2D eigenvalue weighted by Crippen LogP contribution is -2.59. The summed E-state index contributed by atoms with van der Waals surface area (Å²) in [4.78, 5) is 11.7. The average molecular weight is 308 g/mol. The summed E-state index contributed by atoms with van der Waals surface area (Å²) < 4.78 is 25.1. The molecule has 3 aliphatic heterocycles. The summed E-state index contributed by atoms with van der Waals surface area (Å²) >= 11 is 0. The first kappa shape index (κ1) is 14.6. The van der Waals surface area contributed by atoms with Crippen LogP contribution in [0.15, 0.2) is 24.3 Å². The highest BCUT2D eigenvalue weighted by Crippen LogP contribution is 2.54. The number of methoxy groups -OCH3 is 1. The van der Waals surface area contributed by atoms with Gasteiger partial charge >= 0.3 is 0 Å². The van der Waals surface area contributed by atoms with E-state index in [4.69, 9.17) is 19.2 Å². The third-order valence-corrected chi connectivity index (χ3v) is 5.41. The number of fused-ring (bicyclic) bond motifs is 3. The van der Waals surface area contributed by atoms with Gasteiger partial charge in [0.2, 0.25) is 5.79 Å². The molecule has 120 valence electrons. The van der Waals surface area contributed by atoms with Crippen molar-refractivity contribution in [2.45, 2.75) is 56.2 Å². The van der Waals surface area contributed by atoms with Crippen LogP contribution in [0, 0.1) is 11.7 Å². The van der Waals surface area contributed by atoms with Crippen molar-refractivity contribution in [1.82, 2.24) is 0 Å². The molecule has 4 nitrogen and oxygen atoms in total. The molecule has 5 heteroatoms. The fraction of sp³-hybridized carbons (Fsp3) is 0.647. The number of halogens is 1. The first-order chi connectivity index (χ1) is 10.7. The Kier molecular flexibility index (Phi) is 3.49. The zero-order chi connectivity index (χ0) is 15.2. The Morgan fingerprint density at radius 1 is 1.09 bits per heavy atom. The van der Waals surface area contributed by atoms with E-state index in [1.807, 2.05) is 0 Å². The maximum atomic E-state index is 13.2. The van der Waals surface area contributed by atoms with Crippen LogP contribution in [0.1, 0.15) is 44.1 Å². The molecule has 5 rings (SSSR count). The molecular formula is C17H21FO4. The maximum absolute atomic E-state index is 13.2. The van der Waals surface area contributed by atoms with E-state index in [0.29, 0.717) is 12.3 Å². The van der Waals surface area contributed by atoms with Crippen LogP contribution in [0.4, 0.5) is 4.39 Å². The molecule has 0 unspecified atom stereocenters. The molecule has 1 spiro atoms. The van der Waals surface area contributed by atoms with Crippen molar-refractivity contribution in [1.29, 1.82) is 0 Å². The highest BCUT2D eigenvalue weighted by molar-refractivity contribution is 5.22. The van der Waals surface area contributed by atoms with Gasteiger partial charge in [-0.05, 0) is 37.3 Å². The van der Waals surface area contributed by atoms with E-state index in [0.717, 1.165) is 31.2 Å². The number of benzene rings is 1. The van der Waals surface area contributed by atoms with Crippen LogP contribution >= 0.6 is 0 Å². The second kappa shape index (κ2) is 5.27. The van der Waals surface area contributed by atoms with Gasteiger partial charge in [-0.15, -0.1) is 0 Å². The second-order valence-corrected chi connectivity index (χ2v) is 6.55. The highest BCUT2D eigenvalue weighted by Gasteiger charge is 2.61. The normalized spacial score (nSPS) is 41.0. The molecule has 4 aliphatic rings. The zero-order valence-corrected chi connectivity index (χ0v) is 12.7. The monoisotopic (exact) mass is 308 g/mol. The lowest BCUT2D eigenvalue weighted by molar-refractivity contribution is -0.558. The Bertz CT molecular complexity index is 544. The van der Waals surface area contributed by atoms with Gasteiger partial charge in [-0.1, -0.05) is 25.0 Å². The molecular weight excluding hydrogens is 287 g/mol.